The van der Waals surface area contributed by atoms with Crippen LogP contribution in [-0.4, -0.2) is 27.3 Å². The number of amides is 2. The van der Waals surface area contributed by atoms with Crippen molar-refractivity contribution in [3.05, 3.63) is 22.8 Å². The molecular weight excluding hydrogens is 232 g/mol. The maximum atomic E-state index is 11.2. The van der Waals surface area contributed by atoms with Crippen molar-refractivity contribution in [1.82, 2.24) is 10.6 Å². The Hall–Kier alpha value is -1.91. The van der Waals surface area contributed by atoms with Crippen LogP contribution in [0.3, 0.4) is 0 Å². The summed E-state index contributed by atoms with van der Waals surface area (Å²) in [6, 6.07) is 1.66. The lowest BCUT2D eigenvalue weighted by atomic mass is 10.0. The minimum absolute atomic E-state index is 0.228. The van der Waals surface area contributed by atoms with Gasteiger partial charge in [0, 0.05) is 19.2 Å². The van der Waals surface area contributed by atoms with Gasteiger partial charge in [0.05, 0.1) is 14.2 Å². The Bertz CT molecular complexity index is 444. The number of carbonyl (C=O) groups is 1. The standard InChI is InChI=1S/C13H20N2O3/c1-8-9(2)12(18-5)10(6-11(8)17-4)7-15-13(16)14-3/h6H,7H2,1-5H3,(H2,14,15,16). The minimum Gasteiger partial charge on any atom is -0.496 e. The first kappa shape index (κ1) is 14.2. The highest BCUT2D eigenvalue weighted by atomic mass is 16.5. The van der Waals surface area contributed by atoms with Crippen molar-refractivity contribution in [2.75, 3.05) is 21.3 Å². The molecule has 5 nitrogen and oxygen atoms in total. The second kappa shape index (κ2) is 6.14. The van der Waals surface area contributed by atoms with Crippen LogP contribution in [0.2, 0.25) is 0 Å². The summed E-state index contributed by atoms with van der Waals surface area (Å²) < 4.78 is 10.7. The van der Waals surface area contributed by atoms with Crippen molar-refractivity contribution in [1.29, 1.82) is 0 Å². The number of rotatable bonds is 4. The van der Waals surface area contributed by atoms with Gasteiger partial charge in [0.15, 0.2) is 0 Å². The lowest BCUT2D eigenvalue weighted by Crippen LogP contribution is -2.32. The maximum absolute atomic E-state index is 11.2. The molecule has 0 unspecified atom stereocenters. The fourth-order valence-corrected chi connectivity index (χ4v) is 1.82. The molecule has 0 aliphatic rings. The normalized spacial score (nSPS) is 9.83. The van der Waals surface area contributed by atoms with Gasteiger partial charge >= 0.3 is 6.03 Å². The van der Waals surface area contributed by atoms with Crippen molar-refractivity contribution in [3.8, 4) is 11.5 Å². The molecule has 0 saturated carbocycles. The summed E-state index contributed by atoms with van der Waals surface area (Å²) in [5.41, 5.74) is 2.95. The predicted molar refractivity (Wildman–Crippen MR) is 70.3 cm³/mol. The molecule has 0 heterocycles. The number of ether oxygens (including phenoxy) is 2. The summed E-state index contributed by atoms with van der Waals surface area (Å²) >= 11 is 0. The van der Waals surface area contributed by atoms with Crippen LogP contribution in [0.25, 0.3) is 0 Å². The summed E-state index contributed by atoms with van der Waals surface area (Å²) in [6.07, 6.45) is 0. The molecule has 0 aliphatic carbocycles. The van der Waals surface area contributed by atoms with Gasteiger partial charge in [0.25, 0.3) is 0 Å². The van der Waals surface area contributed by atoms with E-state index in [9.17, 15) is 4.79 Å². The zero-order valence-corrected chi connectivity index (χ0v) is 11.5. The van der Waals surface area contributed by atoms with E-state index in [-0.39, 0.29) is 6.03 Å². The molecule has 0 fully saturated rings. The largest absolute Gasteiger partial charge is 0.496 e. The average molecular weight is 252 g/mol. The molecule has 0 aliphatic heterocycles. The second-order valence-electron chi connectivity index (χ2n) is 3.95. The first-order valence-electron chi connectivity index (χ1n) is 5.71. The van der Waals surface area contributed by atoms with Gasteiger partial charge in [-0.1, -0.05) is 0 Å². The number of methoxy groups -OCH3 is 2. The van der Waals surface area contributed by atoms with Crippen molar-refractivity contribution in [2.24, 2.45) is 0 Å². The first-order valence-corrected chi connectivity index (χ1v) is 5.71. The highest BCUT2D eigenvalue weighted by Crippen LogP contribution is 2.33. The van der Waals surface area contributed by atoms with Crippen molar-refractivity contribution in [3.63, 3.8) is 0 Å². The van der Waals surface area contributed by atoms with Crippen LogP contribution in [0, 0.1) is 13.8 Å². The zero-order chi connectivity index (χ0) is 13.7. The molecule has 1 aromatic carbocycles. The van der Waals surface area contributed by atoms with Gasteiger partial charge in [-0.3, -0.25) is 0 Å². The van der Waals surface area contributed by atoms with Crippen LogP contribution in [0.1, 0.15) is 16.7 Å². The summed E-state index contributed by atoms with van der Waals surface area (Å²) in [4.78, 5) is 11.2. The Morgan fingerprint density at radius 1 is 1.22 bits per heavy atom. The molecule has 2 N–H and O–H groups in total. The Balaban J connectivity index is 3.09. The molecule has 2 amide bonds. The van der Waals surface area contributed by atoms with Crippen LogP contribution in [-0.2, 0) is 6.54 Å². The third-order valence-electron chi connectivity index (χ3n) is 2.96. The van der Waals surface area contributed by atoms with Gasteiger partial charge in [-0.05, 0) is 31.0 Å². The highest BCUT2D eigenvalue weighted by molar-refractivity contribution is 5.73. The Morgan fingerprint density at radius 2 is 1.89 bits per heavy atom. The van der Waals surface area contributed by atoms with Gasteiger partial charge in [0.1, 0.15) is 11.5 Å². The summed E-state index contributed by atoms with van der Waals surface area (Å²) in [5.74, 6) is 1.58. The van der Waals surface area contributed by atoms with Gasteiger partial charge in [-0.2, -0.15) is 0 Å². The van der Waals surface area contributed by atoms with Crippen molar-refractivity contribution in [2.45, 2.75) is 20.4 Å². The molecule has 18 heavy (non-hydrogen) atoms. The zero-order valence-electron chi connectivity index (χ0n) is 11.5. The average Bonchev–Trinajstić information content (AvgIpc) is 2.39. The molecular formula is C13H20N2O3. The number of hydrogen-bond donors (Lipinski definition) is 2. The second-order valence-corrected chi connectivity index (χ2v) is 3.95. The topological polar surface area (TPSA) is 59.6 Å². The smallest absolute Gasteiger partial charge is 0.314 e. The maximum Gasteiger partial charge on any atom is 0.314 e. The quantitative estimate of drug-likeness (QED) is 0.858. The molecule has 1 aromatic rings. The van der Waals surface area contributed by atoms with Gasteiger partial charge in [-0.15, -0.1) is 0 Å². The fraction of sp³-hybridized carbons (Fsp3) is 0.462. The van der Waals surface area contributed by atoms with E-state index in [0.717, 1.165) is 28.2 Å². The molecule has 0 aromatic heterocycles. The monoisotopic (exact) mass is 252 g/mol. The van der Waals surface area contributed by atoms with Crippen LogP contribution < -0.4 is 20.1 Å². The molecule has 0 bridgehead atoms. The lowest BCUT2D eigenvalue weighted by Gasteiger charge is -2.17. The molecule has 100 valence electrons. The number of hydrogen-bond acceptors (Lipinski definition) is 3. The lowest BCUT2D eigenvalue weighted by molar-refractivity contribution is 0.242. The Kier molecular flexibility index (Phi) is 4.83. The summed E-state index contributed by atoms with van der Waals surface area (Å²) in [6.45, 7) is 4.34. The highest BCUT2D eigenvalue weighted by Gasteiger charge is 2.14. The molecule has 1 rings (SSSR count). The Morgan fingerprint density at radius 3 is 2.39 bits per heavy atom. The first-order chi connectivity index (χ1) is 8.54. The van der Waals surface area contributed by atoms with E-state index >= 15 is 0 Å². The van der Waals surface area contributed by atoms with E-state index in [1.807, 2.05) is 19.9 Å². The number of carbonyl (C=O) groups excluding carboxylic acids is 1. The van der Waals surface area contributed by atoms with E-state index in [1.54, 1.807) is 21.3 Å². The van der Waals surface area contributed by atoms with Crippen molar-refractivity contribution >= 4 is 6.03 Å². The van der Waals surface area contributed by atoms with E-state index in [2.05, 4.69) is 10.6 Å². The van der Waals surface area contributed by atoms with Gasteiger partial charge in [0.2, 0.25) is 0 Å². The van der Waals surface area contributed by atoms with E-state index in [4.69, 9.17) is 9.47 Å². The fourth-order valence-electron chi connectivity index (χ4n) is 1.82. The number of urea groups is 1. The summed E-state index contributed by atoms with van der Waals surface area (Å²) in [7, 11) is 4.83. The van der Waals surface area contributed by atoms with Crippen molar-refractivity contribution < 1.29 is 14.3 Å². The van der Waals surface area contributed by atoms with E-state index in [0.29, 0.717) is 6.54 Å². The van der Waals surface area contributed by atoms with Crippen LogP contribution in [0.4, 0.5) is 4.79 Å². The molecule has 0 saturated heterocycles. The van der Waals surface area contributed by atoms with Crippen LogP contribution in [0.15, 0.2) is 6.07 Å². The number of nitrogens with one attached hydrogen (secondary N) is 2. The molecule has 0 spiro atoms. The van der Waals surface area contributed by atoms with E-state index in [1.165, 1.54) is 0 Å². The SMILES string of the molecule is CNC(=O)NCc1cc(OC)c(C)c(C)c1OC. The third-order valence-corrected chi connectivity index (χ3v) is 2.96. The van der Waals surface area contributed by atoms with Crippen LogP contribution in [0.5, 0.6) is 11.5 Å². The van der Waals surface area contributed by atoms with Crippen LogP contribution >= 0.6 is 0 Å². The molecule has 5 heteroatoms. The van der Waals surface area contributed by atoms with Gasteiger partial charge in [-0.25, -0.2) is 4.79 Å². The molecule has 0 radical (unpaired) electrons. The Labute approximate surface area is 107 Å². The number of benzene rings is 1. The predicted octanol–water partition coefficient (Wildman–Crippen LogP) is 1.75. The molecule has 0 atom stereocenters. The van der Waals surface area contributed by atoms with Gasteiger partial charge < -0.3 is 20.1 Å². The third kappa shape index (κ3) is 2.85. The minimum atomic E-state index is -0.228. The van der Waals surface area contributed by atoms with E-state index < -0.39 is 0 Å². The summed E-state index contributed by atoms with van der Waals surface area (Å²) in [5, 5.41) is 5.24.